The molecule has 1 aromatic heterocycles. The largest absolute Gasteiger partial charge is 0.756 e. The molecule has 1 aromatic carbocycles. The van der Waals surface area contributed by atoms with E-state index >= 15 is 0 Å². The molecule has 0 bridgehead atoms. The smallest absolute Gasteiger partial charge is 0.306 e. The number of ether oxygens (including phenoxy) is 2. The molecule has 0 radical (unpaired) electrons. The lowest BCUT2D eigenvalue weighted by Crippen LogP contribution is -2.37. The molecule has 1 heterocycles. The number of aromatic nitrogens is 2. The van der Waals surface area contributed by atoms with Gasteiger partial charge in [-0.25, -0.2) is 4.63 Å². The second-order valence-electron chi connectivity index (χ2n) is 14.2. The minimum Gasteiger partial charge on any atom is -0.756 e. The number of phosphoric ester groups is 1. The number of quaternary nitrogens is 1. The highest BCUT2D eigenvalue weighted by Crippen LogP contribution is 2.39. The number of nitrogens with one attached hydrogen (secondary N) is 1. The predicted octanol–water partition coefficient (Wildman–Crippen LogP) is 7.20. The maximum Gasteiger partial charge on any atom is 0.306 e. The summed E-state index contributed by atoms with van der Waals surface area (Å²) in [6, 6.07) is 2.86. The van der Waals surface area contributed by atoms with Crippen LogP contribution in [0.5, 0.6) is 0 Å². The number of hydrogen-bond donors (Lipinski definition) is 1. The molecule has 1 N–H and O–H groups in total. The van der Waals surface area contributed by atoms with E-state index in [-0.39, 0.29) is 47.4 Å². The van der Waals surface area contributed by atoms with Gasteiger partial charge in [0.05, 0.1) is 38.4 Å². The van der Waals surface area contributed by atoms with Crippen LogP contribution in [0.1, 0.15) is 122 Å². The maximum absolute atomic E-state index is 12.7. The fraction of sp³-hybridized carbons (Fsp3) is 0.771. The van der Waals surface area contributed by atoms with Crippen molar-refractivity contribution in [2.45, 2.75) is 129 Å². The molecular formula is C35H60N5O11P. The molecule has 16 nitrogen and oxygen atoms in total. The van der Waals surface area contributed by atoms with Crippen molar-refractivity contribution >= 4 is 42.2 Å². The SMILES string of the molecule is CCCCCCCCCCCCCCCC(=O)OCC(COP(=O)([O-])OC[N+](C)(C)C)OC(=O)CCCCCNc1ccc([N+](=O)[O-])c2nonc12. The first-order valence-corrected chi connectivity index (χ1v) is 20.2. The molecule has 52 heavy (non-hydrogen) atoms. The topological polar surface area (TPSA) is 205 Å². The summed E-state index contributed by atoms with van der Waals surface area (Å²) in [6.07, 6.45) is 16.4. The van der Waals surface area contributed by atoms with E-state index in [2.05, 4.69) is 27.2 Å². The minimum absolute atomic E-state index is 0.0471. The number of nitro groups is 1. The summed E-state index contributed by atoms with van der Waals surface area (Å²) in [5.41, 5.74) is 0.633. The minimum atomic E-state index is -4.71. The van der Waals surface area contributed by atoms with Gasteiger partial charge in [-0.2, -0.15) is 0 Å². The molecule has 0 aliphatic heterocycles. The van der Waals surface area contributed by atoms with Crippen molar-refractivity contribution in [2.24, 2.45) is 0 Å². The van der Waals surface area contributed by atoms with E-state index in [0.717, 1.165) is 19.3 Å². The Hall–Kier alpha value is -3.17. The van der Waals surface area contributed by atoms with Crippen LogP contribution in [0.3, 0.4) is 0 Å². The lowest BCUT2D eigenvalue weighted by atomic mass is 10.0. The van der Waals surface area contributed by atoms with Crippen molar-refractivity contribution in [3.8, 4) is 0 Å². The van der Waals surface area contributed by atoms with Crippen molar-refractivity contribution < 1.29 is 51.6 Å². The average molecular weight is 758 g/mol. The number of carbonyl (C=O) groups is 2. The van der Waals surface area contributed by atoms with E-state index < -0.39 is 37.4 Å². The van der Waals surface area contributed by atoms with Gasteiger partial charge in [-0.15, -0.1) is 0 Å². The van der Waals surface area contributed by atoms with Gasteiger partial charge in [0.1, 0.15) is 6.61 Å². The van der Waals surface area contributed by atoms with Crippen LogP contribution in [0.4, 0.5) is 11.4 Å². The average Bonchev–Trinajstić information content (AvgIpc) is 3.59. The Kier molecular flexibility index (Phi) is 21.6. The maximum atomic E-state index is 12.7. The van der Waals surface area contributed by atoms with E-state index in [1.165, 1.54) is 69.9 Å². The Bertz CT molecular complexity index is 1380. The first-order valence-electron chi connectivity index (χ1n) is 18.7. The van der Waals surface area contributed by atoms with Gasteiger partial charge in [0, 0.05) is 25.5 Å². The van der Waals surface area contributed by atoms with Crippen LogP contribution in [-0.2, 0) is 32.7 Å². The zero-order valence-electron chi connectivity index (χ0n) is 31.5. The van der Waals surface area contributed by atoms with Gasteiger partial charge in [0.2, 0.25) is 5.52 Å². The number of unbranched alkanes of at least 4 members (excludes halogenated alkanes) is 14. The van der Waals surface area contributed by atoms with Crippen molar-refractivity contribution in [1.82, 2.24) is 10.3 Å². The predicted molar refractivity (Wildman–Crippen MR) is 194 cm³/mol. The molecule has 0 aliphatic carbocycles. The van der Waals surface area contributed by atoms with Crippen LogP contribution in [-0.4, -0.2) is 85.4 Å². The number of carbonyl (C=O) groups excluding carboxylic acids is 2. The number of hydrogen-bond acceptors (Lipinski definition) is 14. The van der Waals surface area contributed by atoms with Crippen LogP contribution in [0.25, 0.3) is 11.0 Å². The quantitative estimate of drug-likeness (QED) is 0.0154. The Morgan fingerprint density at radius 2 is 1.38 bits per heavy atom. The Balaban J connectivity index is 1.70. The van der Waals surface area contributed by atoms with E-state index in [0.29, 0.717) is 37.9 Å². The number of fused-ring (bicyclic) bond motifs is 1. The van der Waals surface area contributed by atoms with Crippen LogP contribution in [0, 0.1) is 10.1 Å². The van der Waals surface area contributed by atoms with Crippen LogP contribution in [0.2, 0.25) is 0 Å². The summed E-state index contributed by atoms with van der Waals surface area (Å²) in [4.78, 5) is 48.0. The highest BCUT2D eigenvalue weighted by molar-refractivity contribution is 7.45. The third kappa shape index (κ3) is 20.2. The molecular weight excluding hydrogens is 697 g/mol. The first kappa shape index (κ1) is 45.0. The summed E-state index contributed by atoms with van der Waals surface area (Å²) >= 11 is 0. The number of non-ortho nitro benzene ring substituents is 1. The Labute approximate surface area is 307 Å². The third-order valence-corrected chi connectivity index (χ3v) is 9.10. The third-order valence-electron chi connectivity index (χ3n) is 8.20. The fourth-order valence-corrected chi connectivity index (χ4v) is 6.21. The summed E-state index contributed by atoms with van der Waals surface area (Å²) < 4.78 is 37.9. The van der Waals surface area contributed by atoms with Gasteiger partial charge in [0.25, 0.3) is 7.82 Å². The molecule has 2 aromatic rings. The van der Waals surface area contributed by atoms with E-state index in [9.17, 15) is 29.2 Å². The van der Waals surface area contributed by atoms with E-state index in [1.807, 2.05) is 0 Å². The summed E-state index contributed by atoms with van der Waals surface area (Å²) in [7, 11) is 0.542. The van der Waals surface area contributed by atoms with Crippen LogP contribution in [0.15, 0.2) is 16.8 Å². The van der Waals surface area contributed by atoms with Gasteiger partial charge in [-0.1, -0.05) is 90.4 Å². The molecule has 0 spiro atoms. The molecule has 17 heteroatoms. The molecule has 0 amide bonds. The second kappa shape index (κ2) is 25.0. The number of nitro benzene ring substituents is 1. The molecule has 0 saturated carbocycles. The summed E-state index contributed by atoms with van der Waals surface area (Å²) in [6.45, 7) is 1.67. The zero-order chi connectivity index (χ0) is 38.2. The highest BCUT2D eigenvalue weighted by atomic mass is 31.2. The second-order valence-corrected chi connectivity index (χ2v) is 15.6. The summed E-state index contributed by atoms with van der Waals surface area (Å²) in [5, 5.41) is 21.7. The number of benzene rings is 1. The lowest BCUT2D eigenvalue weighted by molar-refractivity contribution is -0.887. The van der Waals surface area contributed by atoms with Crippen molar-refractivity contribution in [2.75, 3.05) is 52.9 Å². The number of nitrogens with zero attached hydrogens (tertiary/aromatic N) is 4. The summed E-state index contributed by atoms with van der Waals surface area (Å²) in [5.74, 6) is -1.04. The molecule has 0 saturated heterocycles. The zero-order valence-corrected chi connectivity index (χ0v) is 32.4. The number of rotatable bonds is 31. The number of phosphoric acid groups is 1. The lowest BCUT2D eigenvalue weighted by Gasteiger charge is -2.29. The molecule has 2 atom stereocenters. The van der Waals surface area contributed by atoms with E-state index in [4.69, 9.17) is 18.5 Å². The van der Waals surface area contributed by atoms with Gasteiger partial charge in [-0.05, 0) is 35.6 Å². The van der Waals surface area contributed by atoms with Crippen molar-refractivity contribution in [3.63, 3.8) is 0 Å². The monoisotopic (exact) mass is 757 g/mol. The van der Waals surface area contributed by atoms with E-state index in [1.54, 1.807) is 21.1 Å². The van der Waals surface area contributed by atoms with Crippen LogP contribution >= 0.6 is 7.82 Å². The fourth-order valence-electron chi connectivity index (χ4n) is 5.30. The normalized spacial score (nSPS) is 13.5. The van der Waals surface area contributed by atoms with Gasteiger partial charge >= 0.3 is 17.6 Å². The standard InChI is InChI=1S/C35H60N5O11P/c1-5-6-7-8-9-10-11-12-13-14-15-16-18-21-32(41)47-26-29(27-48-52(45,46)49-28-40(2,3)4)50-33(42)22-19-17-20-25-36-30-23-24-31(39(43)44)35-34(30)37-51-38-35/h23-24,29H,5-22,25-28H2,1-4H3,(H-,36,38,45,46). The first-order chi connectivity index (χ1) is 24.8. The Morgan fingerprint density at radius 3 is 1.98 bits per heavy atom. The van der Waals surface area contributed by atoms with Gasteiger partial charge in [0.15, 0.2) is 18.4 Å². The number of esters is 2. The van der Waals surface area contributed by atoms with Crippen molar-refractivity contribution in [3.05, 3.63) is 22.2 Å². The van der Waals surface area contributed by atoms with Gasteiger partial charge < -0.3 is 28.7 Å². The van der Waals surface area contributed by atoms with Crippen LogP contribution < -0.4 is 10.2 Å². The molecule has 0 aliphatic rings. The molecule has 2 rings (SSSR count). The van der Waals surface area contributed by atoms with Crippen molar-refractivity contribution in [1.29, 1.82) is 0 Å². The molecule has 296 valence electrons. The highest BCUT2D eigenvalue weighted by Gasteiger charge is 2.23. The number of anilines is 1. The molecule has 0 fully saturated rings. The molecule has 2 unspecified atom stereocenters. The Morgan fingerprint density at radius 1 is 0.827 bits per heavy atom. The van der Waals surface area contributed by atoms with Gasteiger partial charge in [-0.3, -0.25) is 28.8 Å².